The summed E-state index contributed by atoms with van der Waals surface area (Å²) in [5, 5.41) is 15.6. The predicted molar refractivity (Wildman–Crippen MR) is 77.0 cm³/mol. The largest absolute Gasteiger partial charge is 0.396 e. The zero-order valence-corrected chi connectivity index (χ0v) is 11.4. The maximum absolute atomic E-state index is 8.93. The van der Waals surface area contributed by atoms with Crippen LogP contribution in [0.3, 0.4) is 0 Å². The van der Waals surface area contributed by atoms with Crippen molar-refractivity contribution in [3.63, 3.8) is 0 Å². The maximum Gasteiger partial charge on any atom is 0.127 e. The molecule has 1 aromatic rings. The Morgan fingerprint density at radius 3 is 2.89 bits per heavy atom. The first kappa shape index (κ1) is 14.8. The molecule has 1 unspecified atom stereocenters. The third kappa shape index (κ3) is 5.87. The highest BCUT2D eigenvalue weighted by Crippen LogP contribution is 2.12. The highest BCUT2D eigenvalue weighted by molar-refractivity contribution is 5.51. The quantitative estimate of drug-likeness (QED) is 0.591. The molecular formula is C14H25N3O. The molecule has 1 rings (SSSR count). The molecule has 3 N–H and O–H groups in total. The average molecular weight is 251 g/mol. The van der Waals surface area contributed by atoms with Gasteiger partial charge in [0.25, 0.3) is 0 Å². The fourth-order valence-corrected chi connectivity index (χ4v) is 1.66. The number of anilines is 2. The second-order valence-corrected chi connectivity index (χ2v) is 4.71. The summed E-state index contributed by atoms with van der Waals surface area (Å²) in [5.41, 5.74) is 1.10. The number of pyridine rings is 1. The molecule has 0 saturated heterocycles. The zero-order chi connectivity index (χ0) is 13.2. The minimum atomic E-state index is 0.278. The molecule has 1 heterocycles. The molecular weight excluding hydrogens is 226 g/mol. The van der Waals surface area contributed by atoms with Crippen LogP contribution in [0.2, 0.25) is 0 Å². The number of hydrogen-bond donors (Lipinski definition) is 3. The number of nitrogens with one attached hydrogen (secondary N) is 2. The second kappa shape index (κ2) is 8.75. The molecule has 102 valence electrons. The molecule has 4 heteroatoms. The average Bonchev–Trinajstić information content (AvgIpc) is 2.41. The summed E-state index contributed by atoms with van der Waals surface area (Å²) in [7, 11) is 0. The van der Waals surface area contributed by atoms with Gasteiger partial charge >= 0.3 is 0 Å². The van der Waals surface area contributed by atoms with Crippen LogP contribution < -0.4 is 10.6 Å². The third-order valence-corrected chi connectivity index (χ3v) is 2.83. The van der Waals surface area contributed by atoms with Crippen LogP contribution in [0.25, 0.3) is 0 Å². The summed E-state index contributed by atoms with van der Waals surface area (Å²) in [5.74, 6) is 1.32. The second-order valence-electron chi connectivity index (χ2n) is 4.71. The van der Waals surface area contributed by atoms with Crippen molar-refractivity contribution >= 4 is 11.5 Å². The van der Waals surface area contributed by atoms with Crippen molar-refractivity contribution in [1.29, 1.82) is 0 Å². The molecule has 0 aromatic carbocycles. The highest BCUT2D eigenvalue weighted by atomic mass is 16.3. The van der Waals surface area contributed by atoms with Crippen molar-refractivity contribution in [2.24, 2.45) is 5.92 Å². The first-order chi connectivity index (χ1) is 8.76. The molecule has 1 aromatic heterocycles. The monoisotopic (exact) mass is 251 g/mol. The van der Waals surface area contributed by atoms with Crippen LogP contribution in [0.5, 0.6) is 0 Å². The van der Waals surface area contributed by atoms with Crippen LogP contribution in [-0.2, 0) is 0 Å². The van der Waals surface area contributed by atoms with E-state index < -0.39 is 0 Å². The normalized spacial score (nSPS) is 12.2. The van der Waals surface area contributed by atoms with Gasteiger partial charge in [-0.1, -0.05) is 13.8 Å². The molecule has 0 radical (unpaired) electrons. The van der Waals surface area contributed by atoms with Crippen molar-refractivity contribution in [2.45, 2.75) is 33.1 Å². The van der Waals surface area contributed by atoms with Gasteiger partial charge in [-0.3, -0.25) is 0 Å². The van der Waals surface area contributed by atoms with Gasteiger partial charge in [-0.05, 0) is 31.2 Å². The molecule has 0 aliphatic rings. The summed E-state index contributed by atoms with van der Waals surface area (Å²) in [6, 6.07) is 4.01. The highest BCUT2D eigenvalue weighted by Gasteiger charge is 2.00. The first-order valence-electron chi connectivity index (χ1n) is 6.81. The van der Waals surface area contributed by atoms with E-state index in [2.05, 4.69) is 29.5 Å². The van der Waals surface area contributed by atoms with E-state index in [0.717, 1.165) is 43.9 Å². The Balaban J connectivity index is 2.29. The molecule has 0 amide bonds. The number of rotatable bonds is 9. The number of aromatic nitrogens is 1. The smallest absolute Gasteiger partial charge is 0.127 e. The van der Waals surface area contributed by atoms with E-state index in [4.69, 9.17) is 5.11 Å². The van der Waals surface area contributed by atoms with Crippen molar-refractivity contribution in [3.8, 4) is 0 Å². The maximum atomic E-state index is 8.93. The van der Waals surface area contributed by atoms with Crippen LogP contribution in [0.15, 0.2) is 18.3 Å². The van der Waals surface area contributed by atoms with Gasteiger partial charge in [0.05, 0.1) is 0 Å². The summed E-state index contributed by atoms with van der Waals surface area (Å²) in [6.45, 7) is 6.36. The van der Waals surface area contributed by atoms with E-state index >= 15 is 0 Å². The van der Waals surface area contributed by atoms with Crippen molar-refractivity contribution in [1.82, 2.24) is 4.98 Å². The molecule has 0 aliphatic carbocycles. The molecule has 18 heavy (non-hydrogen) atoms. The van der Waals surface area contributed by atoms with Crippen LogP contribution in [-0.4, -0.2) is 29.8 Å². The molecule has 0 saturated carbocycles. The third-order valence-electron chi connectivity index (χ3n) is 2.83. The summed E-state index contributed by atoms with van der Waals surface area (Å²) in [6.07, 6.45) is 5.03. The molecule has 0 spiro atoms. The van der Waals surface area contributed by atoms with Crippen molar-refractivity contribution < 1.29 is 5.11 Å². The number of aliphatic hydroxyl groups excluding tert-OH is 1. The number of aliphatic hydroxyl groups is 1. The predicted octanol–water partition coefficient (Wildman–Crippen LogP) is 2.72. The lowest BCUT2D eigenvalue weighted by Gasteiger charge is -2.10. The lowest BCUT2D eigenvalue weighted by molar-refractivity contribution is 0.229. The van der Waals surface area contributed by atoms with Crippen LogP contribution in [0.4, 0.5) is 11.5 Å². The molecule has 4 nitrogen and oxygen atoms in total. The van der Waals surface area contributed by atoms with Crippen molar-refractivity contribution in [2.75, 3.05) is 30.3 Å². The Bertz CT molecular complexity index is 331. The van der Waals surface area contributed by atoms with E-state index in [1.54, 1.807) is 0 Å². The van der Waals surface area contributed by atoms with E-state index in [0.29, 0.717) is 5.92 Å². The lowest BCUT2D eigenvalue weighted by atomic mass is 10.1. The standard InChI is InChI=1S/C14H25N3O/c1-3-7-16-14-10-13(6-9-17-14)15-8-4-5-12(2)11-18/h6,9-10,12,18H,3-5,7-8,11H2,1-2H3,(H2,15,16,17). The van der Waals surface area contributed by atoms with Gasteiger partial charge in [0.2, 0.25) is 0 Å². The van der Waals surface area contributed by atoms with Gasteiger partial charge in [0.15, 0.2) is 0 Å². The summed E-state index contributed by atoms with van der Waals surface area (Å²) >= 11 is 0. The van der Waals surface area contributed by atoms with Crippen LogP contribution in [0.1, 0.15) is 33.1 Å². The summed E-state index contributed by atoms with van der Waals surface area (Å²) < 4.78 is 0. The van der Waals surface area contributed by atoms with Gasteiger partial charge in [0.1, 0.15) is 5.82 Å². The van der Waals surface area contributed by atoms with E-state index in [9.17, 15) is 0 Å². The Hall–Kier alpha value is -1.29. The van der Waals surface area contributed by atoms with Gasteiger partial charge in [-0.2, -0.15) is 0 Å². The molecule has 0 aliphatic heterocycles. The van der Waals surface area contributed by atoms with Crippen LogP contribution in [0, 0.1) is 5.92 Å². The zero-order valence-electron chi connectivity index (χ0n) is 11.4. The number of hydrogen-bond acceptors (Lipinski definition) is 4. The fraction of sp³-hybridized carbons (Fsp3) is 0.643. The Labute approximate surface area is 110 Å². The first-order valence-corrected chi connectivity index (χ1v) is 6.81. The van der Waals surface area contributed by atoms with Gasteiger partial charge < -0.3 is 15.7 Å². The SMILES string of the molecule is CCCNc1cc(NCCCC(C)CO)ccn1. The van der Waals surface area contributed by atoms with Gasteiger partial charge in [-0.15, -0.1) is 0 Å². The Kier molecular flexibility index (Phi) is 7.18. The lowest BCUT2D eigenvalue weighted by Crippen LogP contribution is -2.07. The molecule has 0 fully saturated rings. The van der Waals surface area contributed by atoms with Gasteiger partial charge in [0, 0.05) is 37.6 Å². The van der Waals surface area contributed by atoms with E-state index in [1.807, 2.05) is 18.3 Å². The summed E-state index contributed by atoms with van der Waals surface area (Å²) in [4.78, 5) is 4.26. The Morgan fingerprint density at radius 1 is 1.33 bits per heavy atom. The van der Waals surface area contributed by atoms with Gasteiger partial charge in [-0.25, -0.2) is 4.98 Å². The van der Waals surface area contributed by atoms with E-state index in [1.165, 1.54) is 0 Å². The number of nitrogens with zero attached hydrogens (tertiary/aromatic N) is 1. The van der Waals surface area contributed by atoms with Crippen molar-refractivity contribution in [3.05, 3.63) is 18.3 Å². The topological polar surface area (TPSA) is 57.2 Å². The minimum absolute atomic E-state index is 0.278. The van der Waals surface area contributed by atoms with E-state index in [-0.39, 0.29) is 6.61 Å². The fourth-order valence-electron chi connectivity index (χ4n) is 1.66. The molecule has 0 bridgehead atoms. The Morgan fingerprint density at radius 2 is 2.17 bits per heavy atom. The molecule has 1 atom stereocenters. The van der Waals surface area contributed by atoms with Crippen LogP contribution >= 0.6 is 0 Å². The minimum Gasteiger partial charge on any atom is -0.396 e.